The Hall–Kier alpha value is -2.35. The largest absolute Gasteiger partial charge is 0.497 e. The first kappa shape index (κ1) is 22.8. The van der Waals surface area contributed by atoms with E-state index < -0.39 is 0 Å². The van der Waals surface area contributed by atoms with Gasteiger partial charge in [-0.05, 0) is 55.6 Å². The molecule has 0 bridgehead atoms. The molecule has 1 aliphatic heterocycles. The Bertz CT molecular complexity index is 1020. The van der Waals surface area contributed by atoms with Crippen LogP contribution in [0.5, 0.6) is 5.75 Å². The number of nitrogens with zero attached hydrogens (tertiary/aromatic N) is 4. The van der Waals surface area contributed by atoms with E-state index in [1.54, 1.807) is 18.9 Å². The van der Waals surface area contributed by atoms with Gasteiger partial charge in [0.15, 0.2) is 5.16 Å². The number of ether oxygens (including phenoxy) is 2. The van der Waals surface area contributed by atoms with Gasteiger partial charge in [-0.25, -0.2) is 0 Å². The van der Waals surface area contributed by atoms with Crippen molar-refractivity contribution >= 4 is 11.8 Å². The summed E-state index contributed by atoms with van der Waals surface area (Å²) < 4.78 is 13.6. The fraction of sp³-hybridized carbons (Fsp3) is 0.440. The van der Waals surface area contributed by atoms with E-state index in [1.807, 2.05) is 12.1 Å². The minimum Gasteiger partial charge on any atom is -0.497 e. The van der Waals surface area contributed by atoms with E-state index in [1.165, 1.54) is 16.7 Å². The molecule has 2 aromatic carbocycles. The molecule has 170 valence electrons. The first-order valence-corrected chi connectivity index (χ1v) is 12.1. The normalized spacial score (nSPS) is 16.1. The first-order chi connectivity index (χ1) is 15.6. The van der Waals surface area contributed by atoms with Crippen LogP contribution in [-0.2, 0) is 30.1 Å². The Morgan fingerprint density at radius 3 is 2.81 bits per heavy atom. The summed E-state index contributed by atoms with van der Waals surface area (Å²) in [5.74, 6) is 2.75. The Kier molecular flexibility index (Phi) is 7.84. The maximum absolute atomic E-state index is 5.93. The van der Waals surface area contributed by atoms with Crippen LogP contribution in [0.25, 0.3) is 0 Å². The summed E-state index contributed by atoms with van der Waals surface area (Å²) >= 11 is 1.75. The summed E-state index contributed by atoms with van der Waals surface area (Å²) in [6.45, 7) is 5.36. The van der Waals surface area contributed by atoms with E-state index >= 15 is 0 Å². The van der Waals surface area contributed by atoms with Crippen molar-refractivity contribution in [3.05, 3.63) is 71.0 Å². The highest BCUT2D eigenvalue weighted by molar-refractivity contribution is 7.98. The second kappa shape index (κ2) is 11.0. The molecule has 0 unspecified atom stereocenters. The first-order valence-electron chi connectivity index (χ1n) is 11.1. The van der Waals surface area contributed by atoms with E-state index in [2.05, 4.69) is 70.0 Å². The molecule has 7 heteroatoms. The quantitative estimate of drug-likeness (QED) is 0.416. The van der Waals surface area contributed by atoms with Gasteiger partial charge >= 0.3 is 0 Å². The average Bonchev–Trinajstić information content (AvgIpc) is 3.44. The van der Waals surface area contributed by atoms with E-state index in [0.29, 0.717) is 0 Å². The van der Waals surface area contributed by atoms with Crippen LogP contribution in [0.3, 0.4) is 0 Å². The molecule has 0 N–H and O–H groups in total. The number of aromatic nitrogens is 3. The van der Waals surface area contributed by atoms with Gasteiger partial charge in [-0.1, -0.05) is 48.2 Å². The zero-order valence-corrected chi connectivity index (χ0v) is 20.0. The molecule has 1 atom stereocenters. The summed E-state index contributed by atoms with van der Waals surface area (Å²) in [7, 11) is 3.82. The number of hydrogen-bond acceptors (Lipinski definition) is 6. The van der Waals surface area contributed by atoms with Gasteiger partial charge in [-0.3, -0.25) is 4.90 Å². The molecule has 0 aliphatic carbocycles. The van der Waals surface area contributed by atoms with E-state index in [9.17, 15) is 0 Å². The fourth-order valence-corrected chi connectivity index (χ4v) is 5.06. The zero-order valence-electron chi connectivity index (χ0n) is 19.2. The molecular weight excluding hydrogens is 420 g/mol. The van der Waals surface area contributed by atoms with E-state index in [0.717, 1.165) is 61.6 Å². The molecule has 0 amide bonds. The van der Waals surface area contributed by atoms with Crippen molar-refractivity contribution in [1.82, 2.24) is 19.7 Å². The Balaban J connectivity index is 1.48. The van der Waals surface area contributed by atoms with Gasteiger partial charge in [0, 0.05) is 18.9 Å². The minimum atomic E-state index is 0.242. The topological polar surface area (TPSA) is 52.4 Å². The van der Waals surface area contributed by atoms with Crippen molar-refractivity contribution < 1.29 is 9.47 Å². The van der Waals surface area contributed by atoms with Crippen LogP contribution < -0.4 is 4.74 Å². The third-order valence-electron chi connectivity index (χ3n) is 5.82. The maximum Gasteiger partial charge on any atom is 0.191 e. The SMILES string of the molecule is COc1cccc(CN(C)Cc2nnc(SCc3ccccc3C)n2C[C@H]2CCCO2)c1. The highest BCUT2D eigenvalue weighted by Gasteiger charge is 2.22. The van der Waals surface area contributed by atoms with Crippen molar-refractivity contribution in [3.63, 3.8) is 0 Å². The number of aryl methyl sites for hydroxylation is 1. The molecule has 1 aliphatic rings. The highest BCUT2D eigenvalue weighted by atomic mass is 32.2. The van der Waals surface area contributed by atoms with Gasteiger partial charge < -0.3 is 14.0 Å². The molecule has 1 fully saturated rings. The second-order valence-corrected chi connectivity index (χ2v) is 9.33. The van der Waals surface area contributed by atoms with E-state index in [4.69, 9.17) is 9.47 Å². The van der Waals surface area contributed by atoms with Crippen LogP contribution >= 0.6 is 11.8 Å². The lowest BCUT2D eigenvalue weighted by molar-refractivity contribution is 0.0934. The predicted octanol–water partition coefficient (Wildman–Crippen LogP) is 4.70. The van der Waals surface area contributed by atoms with Gasteiger partial charge in [-0.15, -0.1) is 10.2 Å². The lowest BCUT2D eigenvalue weighted by Crippen LogP contribution is -2.23. The highest BCUT2D eigenvalue weighted by Crippen LogP contribution is 2.26. The van der Waals surface area contributed by atoms with Crippen LogP contribution in [0.4, 0.5) is 0 Å². The molecule has 1 aromatic heterocycles. The predicted molar refractivity (Wildman–Crippen MR) is 128 cm³/mol. The third-order valence-corrected chi connectivity index (χ3v) is 6.84. The molecular formula is C25H32N4O2S. The number of hydrogen-bond donors (Lipinski definition) is 0. The smallest absolute Gasteiger partial charge is 0.191 e. The van der Waals surface area contributed by atoms with Crippen molar-refractivity contribution in [2.24, 2.45) is 0 Å². The van der Waals surface area contributed by atoms with Crippen LogP contribution in [0.15, 0.2) is 53.7 Å². The summed E-state index contributed by atoms with van der Waals surface area (Å²) in [6, 6.07) is 16.7. The fourth-order valence-electron chi connectivity index (χ4n) is 4.01. The summed E-state index contributed by atoms with van der Waals surface area (Å²) in [5, 5.41) is 10.1. The monoisotopic (exact) mass is 452 g/mol. The van der Waals surface area contributed by atoms with Crippen molar-refractivity contribution in [3.8, 4) is 5.75 Å². The average molecular weight is 453 g/mol. The Morgan fingerprint density at radius 1 is 1.16 bits per heavy atom. The van der Waals surface area contributed by atoms with Crippen LogP contribution in [0, 0.1) is 6.92 Å². The molecule has 32 heavy (non-hydrogen) atoms. The van der Waals surface area contributed by atoms with Crippen molar-refractivity contribution in [2.45, 2.75) is 56.4 Å². The minimum absolute atomic E-state index is 0.242. The summed E-state index contributed by atoms with van der Waals surface area (Å²) in [4.78, 5) is 2.26. The van der Waals surface area contributed by atoms with Crippen molar-refractivity contribution in [1.29, 1.82) is 0 Å². The number of benzene rings is 2. The van der Waals surface area contributed by atoms with Crippen LogP contribution in [-0.4, -0.2) is 46.5 Å². The molecule has 4 rings (SSSR count). The maximum atomic E-state index is 5.93. The van der Waals surface area contributed by atoms with Gasteiger partial charge in [-0.2, -0.15) is 0 Å². The number of thioether (sulfide) groups is 1. The number of rotatable bonds is 10. The van der Waals surface area contributed by atoms with Crippen LogP contribution in [0.2, 0.25) is 0 Å². The summed E-state index contributed by atoms with van der Waals surface area (Å²) in [6.07, 6.45) is 2.47. The second-order valence-electron chi connectivity index (χ2n) is 8.38. The standard InChI is InChI=1S/C25H32N4O2S/c1-19-8-4-5-10-21(19)18-32-25-27-26-24(29(25)16-23-12-7-13-31-23)17-28(2)15-20-9-6-11-22(14-20)30-3/h4-6,8-11,14,23H,7,12-13,15-18H2,1-3H3/t23-/m1/s1. The molecule has 2 heterocycles. The molecule has 0 saturated carbocycles. The van der Waals surface area contributed by atoms with Gasteiger partial charge in [0.05, 0.1) is 26.3 Å². The van der Waals surface area contributed by atoms with Gasteiger partial charge in [0.1, 0.15) is 11.6 Å². The van der Waals surface area contributed by atoms with Gasteiger partial charge in [0.2, 0.25) is 0 Å². The molecule has 0 radical (unpaired) electrons. The lowest BCUT2D eigenvalue weighted by Gasteiger charge is -2.19. The number of methoxy groups -OCH3 is 1. The molecule has 1 saturated heterocycles. The molecule has 0 spiro atoms. The molecule has 6 nitrogen and oxygen atoms in total. The Morgan fingerprint density at radius 2 is 2.03 bits per heavy atom. The van der Waals surface area contributed by atoms with Crippen LogP contribution in [0.1, 0.15) is 35.4 Å². The van der Waals surface area contributed by atoms with Crippen molar-refractivity contribution in [2.75, 3.05) is 20.8 Å². The summed E-state index contributed by atoms with van der Waals surface area (Å²) in [5.41, 5.74) is 3.86. The Labute approximate surface area is 194 Å². The molecule has 3 aromatic rings. The zero-order chi connectivity index (χ0) is 22.3. The lowest BCUT2D eigenvalue weighted by atomic mass is 10.1. The van der Waals surface area contributed by atoms with E-state index in [-0.39, 0.29) is 6.10 Å². The van der Waals surface area contributed by atoms with Gasteiger partial charge in [0.25, 0.3) is 0 Å². The third kappa shape index (κ3) is 5.91.